The second kappa shape index (κ2) is 7.43. The summed E-state index contributed by atoms with van der Waals surface area (Å²) in [5, 5.41) is 31.3. The summed E-state index contributed by atoms with van der Waals surface area (Å²) < 4.78 is 0. The second-order valence-corrected chi connectivity index (χ2v) is 14.8. The summed E-state index contributed by atoms with van der Waals surface area (Å²) in [7, 11) is 0. The third-order valence-electron chi connectivity index (χ3n) is 13.2. The van der Waals surface area contributed by atoms with Gasteiger partial charge in [-0.05, 0) is 104 Å². The van der Waals surface area contributed by atoms with E-state index in [-0.39, 0.29) is 51.8 Å². The molecule has 0 bridgehead atoms. The number of aliphatic hydroxyl groups excluding tert-OH is 2. The van der Waals surface area contributed by atoms with Crippen LogP contribution >= 0.6 is 0 Å². The Bertz CT molecular complexity index is 987. The minimum atomic E-state index is -0.740. The number of carbonyl (C=O) groups excluding carboxylic acids is 1. The van der Waals surface area contributed by atoms with Crippen molar-refractivity contribution in [3.63, 3.8) is 0 Å². The van der Waals surface area contributed by atoms with Crippen molar-refractivity contribution in [1.82, 2.24) is 0 Å². The van der Waals surface area contributed by atoms with E-state index < -0.39 is 22.9 Å². The first-order chi connectivity index (χ1) is 16.1. The molecule has 196 valence electrons. The van der Waals surface area contributed by atoms with Crippen LogP contribution in [-0.2, 0) is 9.59 Å². The number of rotatable bonds is 2. The van der Waals surface area contributed by atoms with E-state index in [2.05, 4.69) is 27.7 Å². The zero-order chi connectivity index (χ0) is 25.8. The van der Waals surface area contributed by atoms with Gasteiger partial charge in [0.15, 0.2) is 5.78 Å². The molecule has 0 heterocycles. The van der Waals surface area contributed by atoms with Crippen molar-refractivity contribution in [2.24, 2.45) is 50.2 Å². The Morgan fingerprint density at radius 3 is 2.26 bits per heavy atom. The third kappa shape index (κ3) is 3.00. The first-order valence-corrected chi connectivity index (χ1v) is 13.9. The zero-order valence-corrected chi connectivity index (χ0v) is 22.6. The van der Waals surface area contributed by atoms with Crippen LogP contribution in [0.3, 0.4) is 0 Å². The van der Waals surface area contributed by atoms with Crippen molar-refractivity contribution in [2.75, 3.05) is 6.61 Å². The Kier molecular flexibility index (Phi) is 5.40. The molecule has 3 N–H and O–H groups in total. The molecule has 0 aromatic heterocycles. The van der Waals surface area contributed by atoms with Gasteiger partial charge in [-0.1, -0.05) is 40.2 Å². The molecule has 5 heteroatoms. The summed E-state index contributed by atoms with van der Waals surface area (Å²) in [6, 6.07) is 0. The molecule has 0 radical (unpaired) electrons. The molecule has 0 aromatic rings. The van der Waals surface area contributed by atoms with Gasteiger partial charge in [-0.2, -0.15) is 0 Å². The first kappa shape index (κ1) is 25.4. The topological polar surface area (TPSA) is 94.8 Å². The number of allylic oxidation sites excluding steroid dienone is 2. The van der Waals surface area contributed by atoms with Gasteiger partial charge in [0.05, 0.1) is 18.1 Å². The number of aliphatic carboxylic acids is 1. The SMILES string of the molecule is C[C@]1(C(=O)O)CC[C@]2(C)CC[C@]3(C)C(=CC(=O)[C@@H]4[C@@]5(C)CC[C@H](O)[C@](C)(CO)[C@@H]5CC[C@]43C)[C@@H]2C1. The predicted octanol–water partition coefficient (Wildman–Crippen LogP) is 5.39. The highest BCUT2D eigenvalue weighted by Gasteiger charge is 2.70. The summed E-state index contributed by atoms with van der Waals surface area (Å²) >= 11 is 0. The number of carboxylic acid groups (broad SMARTS) is 1. The normalized spacial score (nSPS) is 55.7. The third-order valence-corrected chi connectivity index (χ3v) is 13.2. The van der Waals surface area contributed by atoms with Crippen molar-refractivity contribution in [1.29, 1.82) is 0 Å². The molecular formula is C30H46O5. The van der Waals surface area contributed by atoms with Gasteiger partial charge in [-0.3, -0.25) is 9.59 Å². The van der Waals surface area contributed by atoms with Crippen molar-refractivity contribution in [3.8, 4) is 0 Å². The lowest BCUT2D eigenvalue weighted by atomic mass is 9.33. The van der Waals surface area contributed by atoms with Gasteiger partial charge in [0, 0.05) is 11.3 Å². The van der Waals surface area contributed by atoms with Crippen LogP contribution in [0.4, 0.5) is 0 Å². The Morgan fingerprint density at radius 2 is 1.63 bits per heavy atom. The van der Waals surface area contributed by atoms with Gasteiger partial charge in [-0.15, -0.1) is 0 Å². The number of carbonyl (C=O) groups is 2. The van der Waals surface area contributed by atoms with Crippen molar-refractivity contribution in [3.05, 3.63) is 11.6 Å². The number of fused-ring (bicyclic) bond motifs is 7. The lowest BCUT2D eigenvalue weighted by Crippen LogP contribution is -2.67. The lowest BCUT2D eigenvalue weighted by molar-refractivity contribution is -0.212. The average Bonchev–Trinajstić information content (AvgIpc) is 2.79. The van der Waals surface area contributed by atoms with E-state index in [0.29, 0.717) is 19.3 Å². The molecule has 0 aliphatic heterocycles. The average molecular weight is 487 g/mol. The molecular weight excluding hydrogens is 440 g/mol. The van der Waals surface area contributed by atoms with Crippen molar-refractivity contribution in [2.45, 2.75) is 105 Å². The van der Waals surface area contributed by atoms with Crippen LogP contribution in [0.5, 0.6) is 0 Å². The Labute approximate surface area is 210 Å². The fourth-order valence-electron chi connectivity index (χ4n) is 10.4. The molecule has 5 aliphatic rings. The van der Waals surface area contributed by atoms with Crippen LogP contribution in [0.1, 0.15) is 99.3 Å². The maximum atomic E-state index is 14.2. The fraction of sp³-hybridized carbons (Fsp3) is 0.867. The molecule has 5 aliphatic carbocycles. The molecule has 0 amide bonds. The smallest absolute Gasteiger partial charge is 0.309 e. The van der Waals surface area contributed by atoms with Gasteiger partial charge in [0.2, 0.25) is 0 Å². The second-order valence-electron chi connectivity index (χ2n) is 14.8. The number of ketones is 1. The Balaban J connectivity index is 1.62. The van der Waals surface area contributed by atoms with E-state index >= 15 is 0 Å². The molecule has 4 saturated carbocycles. The molecule has 0 unspecified atom stereocenters. The van der Waals surface area contributed by atoms with Gasteiger partial charge in [0.25, 0.3) is 0 Å². The molecule has 0 aromatic carbocycles. The Morgan fingerprint density at radius 1 is 0.971 bits per heavy atom. The van der Waals surface area contributed by atoms with Crippen molar-refractivity contribution < 1.29 is 24.9 Å². The zero-order valence-electron chi connectivity index (χ0n) is 22.6. The van der Waals surface area contributed by atoms with Crippen LogP contribution in [0.25, 0.3) is 0 Å². The minimum absolute atomic E-state index is 0.0509. The monoisotopic (exact) mass is 486 g/mol. The maximum absolute atomic E-state index is 14.2. The largest absolute Gasteiger partial charge is 0.481 e. The molecule has 5 nitrogen and oxygen atoms in total. The summed E-state index contributed by atoms with van der Waals surface area (Å²) in [6.45, 7) is 13.1. The van der Waals surface area contributed by atoms with Crippen LogP contribution in [-0.4, -0.2) is 39.8 Å². The van der Waals surface area contributed by atoms with Gasteiger partial charge >= 0.3 is 5.97 Å². The van der Waals surface area contributed by atoms with Gasteiger partial charge < -0.3 is 15.3 Å². The highest BCUT2D eigenvalue weighted by molar-refractivity contribution is 5.95. The van der Waals surface area contributed by atoms with Gasteiger partial charge in [-0.25, -0.2) is 0 Å². The quantitative estimate of drug-likeness (QED) is 0.487. The van der Waals surface area contributed by atoms with Crippen LogP contribution in [0.2, 0.25) is 0 Å². The fourth-order valence-corrected chi connectivity index (χ4v) is 10.4. The molecule has 10 atom stereocenters. The van der Waals surface area contributed by atoms with Crippen molar-refractivity contribution >= 4 is 11.8 Å². The molecule has 0 spiro atoms. The number of hydrogen-bond acceptors (Lipinski definition) is 4. The Hall–Kier alpha value is -1.20. The highest BCUT2D eigenvalue weighted by atomic mass is 16.4. The van der Waals surface area contributed by atoms with E-state index in [1.807, 2.05) is 19.9 Å². The van der Waals surface area contributed by atoms with E-state index in [4.69, 9.17) is 0 Å². The standard InChI is InChI=1S/C30H46O5/c1-25-11-12-26(2,24(34)35)16-19(25)18-15-20(32)23-27(3)9-8-22(33)28(4,17-31)21(27)7-10-30(23,6)29(18,5)14-13-25/h15,19,21-23,31,33H,7-14,16-17H2,1-6H3,(H,34,35)/t19-,21+,22-,23+,25+,26-,27-,28+,29+,30+/m0/s1. The minimum Gasteiger partial charge on any atom is -0.481 e. The van der Waals surface area contributed by atoms with Crippen LogP contribution < -0.4 is 0 Å². The first-order valence-electron chi connectivity index (χ1n) is 13.9. The molecule has 35 heavy (non-hydrogen) atoms. The summed E-state index contributed by atoms with van der Waals surface area (Å²) in [5.41, 5.74) is -0.676. The molecule has 5 rings (SSSR count). The van der Waals surface area contributed by atoms with Crippen LogP contribution in [0, 0.1) is 50.2 Å². The summed E-state index contributed by atoms with van der Waals surface area (Å²) in [4.78, 5) is 26.5. The van der Waals surface area contributed by atoms with Crippen LogP contribution in [0.15, 0.2) is 11.6 Å². The predicted molar refractivity (Wildman–Crippen MR) is 134 cm³/mol. The number of hydrogen-bond donors (Lipinski definition) is 3. The summed E-state index contributed by atoms with van der Waals surface area (Å²) in [5.74, 6) is -0.423. The van der Waals surface area contributed by atoms with E-state index in [0.717, 1.165) is 38.5 Å². The summed E-state index contributed by atoms with van der Waals surface area (Å²) in [6.07, 6.45) is 8.99. The number of carboxylic acids is 1. The lowest BCUT2D eigenvalue weighted by Gasteiger charge is -2.70. The van der Waals surface area contributed by atoms with E-state index in [1.165, 1.54) is 5.57 Å². The van der Waals surface area contributed by atoms with E-state index in [1.54, 1.807) is 0 Å². The number of aliphatic hydroxyl groups is 2. The highest BCUT2D eigenvalue weighted by Crippen LogP contribution is 2.75. The van der Waals surface area contributed by atoms with Gasteiger partial charge in [0.1, 0.15) is 0 Å². The molecule has 0 saturated heterocycles. The molecule has 4 fully saturated rings. The van der Waals surface area contributed by atoms with E-state index in [9.17, 15) is 24.9 Å². The maximum Gasteiger partial charge on any atom is 0.309 e.